The largest absolute Gasteiger partial charge is 0.454 e. The highest BCUT2D eigenvalue weighted by Crippen LogP contribution is 2.32. The van der Waals surface area contributed by atoms with Crippen LogP contribution >= 0.6 is 11.6 Å². The highest BCUT2D eigenvalue weighted by molar-refractivity contribution is 6.30. The van der Waals surface area contributed by atoms with E-state index in [0.29, 0.717) is 22.2 Å². The fourth-order valence-corrected chi connectivity index (χ4v) is 2.21. The molecule has 1 heterocycles. The highest BCUT2D eigenvalue weighted by Gasteiger charge is 2.21. The van der Waals surface area contributed by atoms with E-state index < -0.39 is 18.0 Å². The number of amides is 1. The summed E-state index contributed by atoms with van der Waals surface area (Å²) >= 11 is 5.79. The predicted octanol–water partition coefficient (Wildman–Crippen LogP) is 3.25. The molecule has 7 heteroatoms. The van der Waals surface area contributed by atoms with Gasteiger partial charge in [0.1, 0.15) is 0 Å². The summed E-state index contributed by atoms with van der Waals surface area (Å²) in [6.07, 6.45) is -0.960. The van der Waals surface area contributed by atoms with Gasteiger partial charge in [0.2, 0.25) is 6.79 Å². The number of nitrogens with one attached hydrogen (secondary N) is 1. The molecule has 0 aliphatic carbocycles. The van der Waals surface area contributed by atoms with Crippen molar-refractivity contribution >= 4 is 29.2 Å². The summed E-state index contributed by atoms with van der Waals surface area (Å²) in [5.74, 6) is -0.0127. The number of hydrogen-bond acceptors (Lipinski definition) is 5. The third-order valence-corrected chi connectivity index (χ3v) is 3.63. The third-order valence-electron chi connectivity index (χ3n) is 3.37. The van der Waals surface area contributed by atoms with Gasteiger partial charge in [-0.3, -0.25) is 4.79 Å². The molecule has 1 unspecified atom stereocenters. The van der Waals surface area contributed by atoms with E-state index in [1.807, 2.05) is 0 Å². The number of carbonyl (C=O) groups is 2. The summed E-state index contributed by atoms with van der Waals surface area (Å²) in [6, 6.07) is 11.3. The maximum Gasteiger partial charge on any atom is 0.339 e. The molecule has 1 aliphatic heterocycles. The molecule has 2 aromatic rings. The minimum absolute atomic E-state index is 0.119. The molecule has 124 valence electrons. The molecule has 1 atom stereocenters. The number of rotatable bonds is 4. The van der Waals surface area contributed by atoms with Crippen LogP contribution in [0.4, 0.5) is 5.69 Å². The first-order valence-corrected chi connectivity index (χ1v) is 7.58. The van der Waals surface area contributed by atoms with Crippen LogP contribution in [0.2, 0.25) is 5.02 Å². The molecular weight excluding hydrogens is 334 g/mol. The number of benzene rings is 2. The van der Waals surface area contributed by atoms with E-state index in [0.717, 1.165) is 0 Å². The average molecular weight is 348 g/mol. The van der Waals surface area contributed by atoms with Gasteiger partial charge in [-0.1, -0.05) is 11.6 Å². The van der Waals surface area contributed by atoms with E-state index in [2.05, 4.69) is 5.32 Å². The molecule has 0 spiro atoms. The Morgan fingerprint density at radius 2 is 1.83 bits per heavy atom. The van der Waals surface area contributed by atoms with Crippen LogP contribution in [0.1, 0.15) is 17.3 Å². The van der Waals surface area contributed by atoms with Gasteiger partial charge < -0.3 is 19.5 Å². The van der Waals surface area contributed by atoms with Gasteiger partial charge in [-0.05, 0) is 49.4 Å². The van der Waals surface area contributed by atoms with Crippen molar-refractivity contribution in [1.29, 1.82) is 0 Å². The monoisotopic (exact) mass is 347 g/mol. The lowest BCUT2D eigenvalue weighted by molar-refractivity contribution is -0.123. The topological polar surface area (TPSA) is 73.9 Å². The van der Waals surface area contributed by atoms with Crippen LogP contribution in [-0.2, 0) is 9.53 Å². The third kappa shape index (κ3) is 3.60. The molecule has 3 rings (SSSR count). The molecule has 1 N–H and O–H groups in total. The Morgan fingerprint density at radius 3 is 2.58 bits per heavy atom. The van der Waals surface area contributed by atoms with E-state index in [1.54, 1.807) is 36.4 Å². The van der Waals surface area contributed by atoms with Crippen LogP contribution in [0.3, 0.4) is 0 Å². The molecule has 1 amide bonds. The van der Waals surface area contributed by atoms with E-state index in [1.165, 1.54) is 13.0 Å². The summed E-state index contributed by atoms with van der Waals surface area (Å²) in [5.41, 5.74) is 0.848. The van der Waals surface area contributed by atoms with Crippen molar-refractivity contribution < 1.29 is 23.8 Å². The summed E-state index contributed by atoms with van der Waals surface area (Å²) in [7, 11) is 0. The van der Waals surface area contributed by atoms with Crippen LogP contribution in [0.15, 0.2) is 42.5 Å². The van der Waals surface area contributed by atoms with Crippen molar-refractivity contribution in [1.82, 2.24) is 0 Å². The van der Waals surface area contributed by atoms with E-state index in [9.17, 15) is 9.59 Å². The maximum atomic E-state index is 12.1. The fraction of sp³-hybridized carbons (Fsp3) is 0.176. The van der Waals surface area contributed by atoms with E-state index >= 15 is 0 Å². The molecule has 0 radical (unpaired) electrons. The van der Waals surface area contributed by atoms with Crippen LogP contribution in [0.25, 0.3) is 0 Å². The molecule has 6 nitrogen and oxygen atoms in total. The number of esters is 1. The summed E-state index contributed by atoms with van der Waals surface area (Å²) in [5, 5.41) is 3.21. The zero-order valence-corrected chi connectivity index (χ0v) is 13.5. The van der Waals surface area contributed by atoms with Crippen molar-refractivity contribution in [3.05, 3.63) is 53.1 Å². The number of hydrogen-bond donors (Lipinski definition) is 1. The summed E-state index contributed by atoms with van der Waals surface area (Å²) < 4.78 is 15.6. The second-order valence-electron chi connectivity index (χ2n) is 5.11. The second kappa shape index (κ2) is 6.80. The smallest absolute Gasteiger partial charge is 0.339 e. The Kier molecular flexibility index (Phi) is 4.57. The lowest BCUT2D eigenvalue weighted by atomic mass is 10.2. The van der Waals surface area contributed by atoms with Crippen molar-refractivity contribution in [3.8, 4) is 11.5 Å². The Bertz CT molecular complexity index is 775. The first-order chi connectivity index (χ1) is 11.5. The fourth-order valence-electron chi connectivity index (χ4n) is 2.08. The van der Waals surface area contributed by atoms with Gasteiger partial charge in [0.05, 0.1) is 5.56 Å². The highest BCUT2D eigenvalue weighted by atomic mass is 35.5. The molecule has 24 heavy (non-hydrogen) atoms. The molecule has 0 bridgehead atoms. The van der Waals surface area contributed by atoms with Gasteiger partial charge in [-0.25, -0.2) is 4.79 Å². The first kappa shape index (κ1) is 16.1. The molecule has 0 fully saturated rings. The minimum Gasteiger partial charge on any atom is -0.454 e. The van der Waals surface area contributed by atoms with Crippen LogP contribution in [0.5, 0.6) is 11.5 Å². The zero-order valence-electron chi connectivity index (χ0n) is 12.7. The maximum absolute atomic E-state index is 12.1. The number of carbonyl (C=O) groups excluding carboxylic acids is 2. The van der Waals surface area contributed by atoms with Gasteiger partial charge in [0, 0.05) is 10.7 Å². The van der Waals surface area contributed by atoms with Crippen molar-refractivity contribution in [3.63, 3.8) is 0 Å². The number of anilines is 1. The summed E-state index contributed by atoms with van der Waals surface area (Å²) in [4.78, 5) is 24.2. The second-order valence-corrected chi connectivity index (χ2v) is 5.55. The lowest BCUT2D eigenvalue weighted by Gasteiger charge is -2.13. The van der Waals surface area contributed by atoms with E-state index in [-0.39, 0.29) is 12.4 Å². The van der Waals surface area contributed by atoms with E-state index in [4.69, 9.17) is 25.8 Å². The standard InChI is InChI=1S/C17H14ClNO5/c1-10(16(20)19-13-5-3-12(18)4-6-13)24-17(21)11-2-7-14-15(8-11)23-9-22-14/h2-8,10H,9H2,1H3,(H,19,20). The molecule has 0 saturated carbocycles. The van der Waals surface area contributed by atoms with Crippen molar-refractivity contribution in [2.75, 3.05) is 12.1 Å². The van der Waals surface area contributed by atoms with Crippen molar-refractivity contribution in [2.45, 2.75) is 13.0 Å². The van der Waals surface area contributed by atoms with Crippen LogP contribution in [0, 0.1) is 0 Å². The average Bonchev–Trinajstić information content (AvgIpc) is 3.04. The van der Waals surface area contributed by atoms with Crippen LogP contribution < -0.4 is 14.8 Å². The van der Waals surface area contributed by atoms with Gasteiger partial charge in [0.25, 0.3) is 5.91 Å². The quantitative estimate of drug-likeness (QED) is 0.859. The molecule has 2 aromatic carbocycles. The molecule has 1 aliphatic rings. The minimum atomic E-state index is -0.960. The summed E-state index contributed by atoms with van der Waals surface area (Å²) in [6.45, 7) is 1.61. The SMILES string of the molecule is CC(OC(=O)c1ccc2c(c1)OCO2)C(=O)Nc1ccc(Cl)cc1. The normalized spacial score (nSPS) is 13.2. The molecule has 0 aromatic heterocycles. The Labute approximate surface area is 143 Å². The van der Waals surface area contributed by atoms with Crippen LogP contribution in [-0.4, -0.2) is 24.8 Å². The van der Waals surface area contributed by atoms with Gasteiger partial charge >= 0.3 is 5.97 Å². The predicted molar refractivity (Wildman–Crippen MR) is 87.5 cm³/mol. The Balaban J connectivity index is 1.61. The first-order valence-electron chi connectivity index (χ1n) is 7.20. The lowest BCUT2D eigenvalue weighted by Crippen LogP contribution is -2.29. The number of fused-ring (bicyclic) bond motifs is 1. The van der Waals surface area contributed by atoms with Gasteiger partial charge in [0.15, 0.2) is 17.6 Å². The van der Waals surface area contributed by atoms with Gasteiger partial charge in [-0.2, -0.15) is 0 Å². The number of ether oxygens (including phenoxy) is 3. The Morgan fingerprint density at radius 1 is 1.12 bits per heavy atom. The molecular formula is C17H14ClNO5. The number of halogens is 1. The van der Waals surface area contributed by atoms with Crippen molar-refractivity contribution in [2.24, 2.45) is 0 Å². The zero-order chi connectivity index (χ0) is 17.1. The molecule has 0 saturated heterocycles. The van der Waals surface area contributed by atoms with Gasteiger partial charge in [-0.15, -0.1) is 0 Å². The Hall–Kier alpha value is -2.73.